The second kappa shape index (κ2) is 11.5. The highest BCUT2D eigenvalue weighted by atomic mass is 79.9. The van der Waals surface area contributed by atoms with Gasteiger partial charge in [0.05, 0.1) is 24.2 Å². The molecule has 6 nitrogen and oxygen atoms in total. The van der Waals surface area contributed by atoms with Gasteiger partial charge >= 0.3 is 0 Å². The highest BCUT2D eigenvalue weighted by Gasteiger charge is 2.23. The Morgan fingerprint density at radius 3 is 2.59 bits per heavy atom. The van der Waals surface area contributed by atoms with Gasteiger partial charge < -0.3 is 9.47 Å². The van der Waals surface area contributed by atoms with Gasteiger partial charge in [0.1, 0.15) is 17.5 Å². The maximum atomic E-state index is 13.5. The van der Waals surface area contributed by atoms with Gasteiger partial charge in [-0.25, -0.2) is 4.98 Å². The van der Waals surface area contributed by atoms with Crippen molar-refractivity contribution in [2.45, 2.75) is 44.6 Å². The quantitative estimate of drug-likeness (QED) is 0.215. The van der Waals surface area contributed by atoms with Gasteiger partial charge in [-0.05, 0) is 52.5 Å². The molecule has 1 aliphatic carbocycles. The monoisotopic (exact) mass is 579 g/mol. The van der Waals surface area contributed by atoms with Gasteiger partial charge in [0.2, 0.25) is 0 Å². The van der Waals surface area contributed by atoms with Crippen LogP contribution in [0.25, 0.3) is 10.9 Å². The van der Waals surface area contributed by atoms with Crippen LogP contribution in [-0.2, 0) is 6.61 Å². The number of aromatic nitrogens is 2. The van der Waals surface area contributed by atoms with Crippen LogP contribution < -0.4 is 15.0 Å². The number of hydrogen-bond acceptors (Lipinski definition) is 5. The summed E-state index contributed by atoms with van der Waals surface area (Å²) in [4.78, 5) is 18.4. The third-order valence-corrected chi connectivity index (χ3v) is 8.11. The second-order valence-corrected chi connectivity index (χ2v) is 10.3. The number of nitrogens with zero attached hydrogens (tertiary/aromatic N) is 3. The van der Waals surface area contributed by atoms with E-state index in [1.807, 2.05) is 48.5 Å². The summed E-state index contributed by atoms with van der Waals surface area (Å²) in [6.45, 7) is 0.347. The van der Waals surface area contributed by atoms with Crippen LogP contribution in [0.3, 0.4) is 0 Å². The van der Waals surface area contributed by atoms with Gasteiger partial charge in [-0.1, -0.05) is 73.3 Å². The average Bonchev–Trinajstić information content (AvgIpc) is 2.95. The zero-order valence-corrected chi connectivity index (χ0v) is 22.8. The van der Waals surface area contributed by atoms with Crippen LogP contribution >= 0.6 is 27.5 Å². The van der Waals surface area contributed by atoms with E-state index in [1.54, 1.807) is 25.5 Å². The summed E-state index contributed by atoms with van der Waals surface area (Å²) >= 11 is 10.3. The Hall–Kier alpha value is -3.16. The summed E-state index contributed by atoms with van der Waals surface area (Å²) in [5.41, 5.74) is 2.19. The van der Waals surface area contributed by atoms with Crippen LogP contribution in [0.5, 0.6) is 11.5 Å². The minimum Gasteiger partial charge on any atom is -0.493 e. The molecule has 0 aliphatic heterocycles. The van der Waals surface area contributed by atoms with Crippen LogP contribution in [0, 0.1) is 0 Å². The van der Waals surface area contributed by atoms with E-state index in [2.05, 4.69) is 21.0 Å². The summed E-state index contributed by atoms with van der Waals surface area (Å²) in [6, 6.07) is 19.0. The number of halogens is 2. The van der Waals surface area contributed by atoms with Gasteiger partial charge in [-0.2, -0.15) is 9.78 Å². The minimum absolute atomic E-state index is 0.181. The molecule has 4 aromatic rings. The predicted molar refractivity (Wildman–Crippen MR) is 151 cm³/mol. The molecule has 1 fully saturated rings. The molecule has 1 saturated carbocycles. The Morgan fingerprint density at radius 1 is 1.11 bits per heavy atom. The zero-order chi connectivity index (χ0) is 25.8. The molecule has 190 valence electrons. The second-order valence-electron chi connectivity index (χ2n) is 9.08. The van der Waals surface area contributed by atoms with Crippen LogP contribution in [-0.4, -0.2) is 23.0 Å². The van der Waals surface area contributed by atoms with E-state index in [0.29, 0.717) is 49.9 Å². The van der Waals surface area contributed by atoms with Gasteiger partial charge in [0.25, 0.3) is 5.56 Å². The summed E-state index contributed by atoms with van der Waals surface area (Å²) in [5, 5.41) is 5.54. The van der Waals surface area contributed by atoms with E-state index in [1.165, 1.54) is 11.1 Å². The van der Waals surface area contributed by atoms with Gasteiger partial charge in [0, 0.05) is 16.0 Å². The molecule has 0 atom stereocenters. The summed E-state index contributed by atoms with van der Waals surface area (Å²) in [6.07, 6.45) is 7.07. The number of para-hydroxylation sites is 1. The number of hydrogen-bond donors (Lipinski definition) is 0. The molecule has 1 aromatic heterocycles. The molecule has 1 heterocycles. The molecular weight excluding hydrogens is 554 g/mol. The molecule has 8 heteroatoms. The average molecular weight is 581 g/mol. The third-order valence-electron chi connectivity index (χ3n) is 6.66. The van der Waals surface area contributed by atoms with Crippen molar-refractivity contribution < 1.29 is 9.47 Å². The number of ether oxygens (including phenoxy) is 2. The summed E-state index contributed by atoms with van der Waals surface area (Å²) in [7, 11) is 1.56. The SMILES string of the molecule is COc1cc(C=Nn2c(C3CCCCC3)nc3ccccc3c2=O)c(Br)c(Cl)c1OCc1ccccc1. The van der Waals surface area contributed by atoms with E-state index in [-0.39, 0.29) is 11.5 Å². The Morgan fingerprint density at radius 2 is 1.84 bits per heavy atom. The first kappa shape index (κ1) is 25.5. The fourth-order valence-corrected chi connectivity index (χ4v) is 5.37. The van der Waals surface area contributed by atoms with Crippen LogP contribution in [0.4, 0.5) is 0 Å². The predicted octanol–water partition coefficient (Wildman–Crippen LogP) is 7.33. The molecule has 0 spiro atoms. The molecule has 3 aromatic carbocycles. The van der Waals surface area contributed by atoms with Crippen molar-refractivity contribution in [1.29, 1.82) is 0 Å². The lowest BCUT2D eigenvalue weighted by molar-refractivity contribution is 0.284. The van der Waals surface area contributed by atoms with Crippen molar-refractivity contribution in [3.63, 3.8) is 0 Å². The van der Waals surface area contributed by atoms with Crippen molar-refractivity contribution >= 4 is 44.6 Å². The molecule has 1 aliphatic rings. The largest absolute Gasteiger partial charge is 0.493 e. The maximum Gasteiger partial charge on any atom is 0.282 e. The van der Waals surface area contributed by atoms with Gasteiger partial charge in [0.15, 0.2) is 11.5 Å². The number of rotatable bonds is 7. The first-order valence-corrected chi connectivity index (χ1v) is 13.5. The van der Waals surface area contributed by atoms with E-state index >= 15 is 0 Å². The van der Waals surface area contributed by atoms with Crippen molar-refractivity contribution in [2.75, 3.05) is 7.11 Å². The van der Waals surface area contributed by atoms with Crippen molar-refractivity contribution in [2.24, 2.45) is 5.10 Å². The topological polar surface area (TPSA) is 65.7 Å². The fourth-order valence-electron chi connectivity index (χ4n) is 4.71. The zero-order valence-electron chi connectivity index (χ0n) is 20.5. The Balaban J connectivity index is 1.53. The smallest absolute Gasteiger partial charge is 0.282 e. The lowest BCUT2D eigenvalue weighted by Crippen LogP contribution is -2.25. The first-order chi connectivity index (χ1) is 18.1. The van der Waals surface area contributed by atoms with Crippen molar-refractivity contribution in [3.05, 3.63) is 97.5 Å². The van der Waals surface area contributed by atoms with E-state index < -0.39 is 0 Å². The molecule has 0 amide bonds. The van der Waals surface area contributed by atoms with Crippen LogP contribution in [0.15, 0.2) is 75.0 Å². The number of benzene rings is 3. The lowest BCUT2D eigenvalue weighted by Gasteiger charge is -2.22. The van der Waals surface area contributed by atoms with Gasteiger partial charge in [-0.3, -0.25) is 4.79 Å². The number of fused-ring (bicyclic) bond motifs is 1. The van der Waals surface area contributed by atoms with E-state index in [9.17, 15) is 4.79 Å². The fraction of sp³-hybridized carbons (Fsp3) is 0.276. The lowest BCUT2D eigenvalue weighted by atomic mass is 9.88. The molecule has 0 unspecified atom stereocenters. The van der Waals surface area contributed by atoms with Crippen LogP contribution in [0.1, 0.15) is 55.0 Å². The molecule has 0 saturated heterocycles. The third kappa shape index (κ3) is 5.43. The molecule has 0 N–H and O–H groups in total. The molecule has 5 rings (SSSR count). The van der Waals surface area contributed by atoms with E-state index in [0.717, 1.165) is 31.2 Å². The Bertz CT molecular complexity index is 1500. The summed E-state index contributed by atoms with van der Waals surface area (Å²) < 4.78 is 13.7. The van der Waals surface area contributed by atoms with Gasteiger partial charge in [-0.15, -0.1) is 0 Å². The van der Waals surface area contributed by atoms with Crippen molar-refractivity contribution in [3.8, 4) is 11.5 Å². The Kier molecular flexibility index (Phi) is 7.91. The molecule has 0 radical (unpaired) electrons. The molecular formula is C29H27BrClN3O3. The highest BCUT2D eigenvalue weighted by Crippen LogP contribution is 2.42. The molecule has 0 bridgehead atoms. The Labute approximate surface area is 229 Å². The van der Waals surface area contributed by atoms with Crippen LogP contribution in [0.2, 0.25) is 5.02 Å². The normalized spacial score (nSPS) is 14.4. The number of methoxy groups -OCH3 is 1. The molecule has 37 heavy (non-hydrogen) atoms. The minimum atomic E-state index is -0.181. The highest BCUT2D eigenvalue weighted by molar-refractivity contribution is 9.10. The van der Waals surface area contributed by atoms with Crippen molar-refractivity contribution in [1.82, 2.24) is 9.66 Å². The maximum absolute atomic E-state index is 13.5. The van der Waals surface area contributed by atoms with E-state index in [4.69, 9.17) is 26.1 Å². The standard InChI is InChI=1S/C29H27BrClN3O3/c1-36-24-16-21(25(30)26(31)27(24)37-18-19-10-4-2-5-11-19)17-32-34-28(20-12-6-3-7-13-20)33-23-15-9-8-14-22(23)29(34)35/h2,4-5,8-11,14-17,20H,3,6-7,12-13,18H2,1H3. The first-order valence-electron chi connectivity index (χ1n) is 12.4. The summed E-state index contributed by atoms with van der Waals surface area (Å²) in [5.74, 6) is 1.81.